The molecule has 0 aromatic rings. The van der Waals surface area contributed by atoms with E-state index in [-0.39, 0.29) is 10.8 Å². The van der Waals surface area contributed by atoms with Crippen molar-refractivity contribution < 1.29 is 13.2 Å². The van der Waals surface area contributed by atoms with E-state index in [0.29, 0.717) is 29.3 Å². The Labute approximate surface area is 162 Å². The standard InChI is InChI=1S/C21H32O3S2/c1-19-4-3-14-7-16-9-18(22)12-20(16,2)10-15(14)8-17(19)11-21(13-19)25-5-6-26(21,23)24/h14-17H,3-13H2,1-2H3/t14-,15+,16+,17-,19-,20+,21?/m1/s1. The van der Waals surface area contributed by atoms with Gasteiger partial charge in [0.25, 0.3) is 0 Å². The van der Waals surface area contributed by atoms with Crippen LogP contribution in [0.4, 0.5) is 0 Å². The van der Waals surface area contributed by atoms with Crippen molar-refractivity contribution in [3.05, 3.63) is 0 Å². The van der Waals surface area contributed by atoms with Crippen LogP contribution in [0.2, 0.25) is 0 Å². The predicted molar refractivity (Wildman–Crippen MR) is 106 cm³/mol. The van der Waals surface area contributed by atoms with Gasteiger partial charge in [-0.15, -0.1) is 11.8 Å². The first-order valence-electron chi connectivity index (χ1n) is 10.5. The van der Waals surface area contributed by atoms with Gasteiger partial charge in [0.1, 0.15) is 9.86 Å². The van der Waals surface area contributed by atoms with Gasteiger partial charge in [0.05, 0.1) is 5.75 Å². The molecule has 0 aromatic heterocycles. The Hall–Kier alpha value is -0.0300. The first-order chi connectivity index (χ1) is 12.1. The molecule has 5 heteroatoms. The summed E-state index contributed by atoms with van der Waals surface area (Å²) >= 11 is 1.74. The van der Waals surface area contributed by atoms with E-state index in [9.17, 15) is 13.2 Å². The van der Waals surface area contributed by atoms with E-state index >= 15 is 0 Å². The van der Waals surface area contributed by atoms with Crippen LogP contribution in [-0.4, -0.2) is 29.8 Å². The SMILES string of the molecule is C[C@]12CC(=O)C[C@@H]1C[C@H]1CC[C@]3(C)CC4(C[C@H]3C[C@H]1C2)SCCS4(=O)=O. The van der Waals surface area contributed by atoms with Gasteiger partial charge in [0.2, 0.25) is 0 Å². The minimum absolute atomic E-state index is 0.202. The van der Waals surface area contributed by atoms with Gasteiger partial charge < -0.3 is 0 Å². The zero-order chi connectivity index (χ0) is 18.4. The van der Waals surface area contributed by atoms with Crippen molar-refractivity contribution in [1.82, 2.24) is 0 Å². The molecule has 0 aromatic carbocycles. The fourth-order valence-corrected chi connectivity index (χ4v) is 12.6. The normalized spacial score (nSPS) is 55.4. The Bertz CT molecular complexity index is 746. The lowest BCUT2D eigenvalue weighted by Crippen LogP contribution is -2.36. The highest BCUT2D eigenvalue weighted by molar-refractivity contribution is 8.17. The summed E-state index contributed by atoms with van der Waals surface area (Å²) in [5, 5.41) is 0. The Kier molecular flexibility index (Phi) is 3.83. The molecule has 1 heterocycles. The molecule has 4 saturated carbocycles. The van der Waals surface area contributed by atoms with Crippen LogP contribution in [0.25, 0.3) is 0 Å². The van der Waals surface area contributed by atoms with Crippen molar-refractivity contribution >= 4 is 27.4 Å². The second-order valence-electron chi connectivity index (χ2n) is 10.8. The van der Waals surface area contributed by atoms with Crippen molar-refractivity contribution in [2.75, 3.05) is 11.5 Å². The van der Waals surface area contributed by atoms with Gasteiger partial charge in [-0.3, -0.25) is 4.79 Å². The smallest absolute Gasteiger partial charge is 0.166 e. The fraction of sp³-hybridized carbons (Fsp3) is 0.952. The summed E-state index contributed by atoms with van der Waals surface area (Å²) in [5.74, 6) is 4.29. The first kappa shape index (κ1) is 18.0. The molecular formula is C21H32O3S2. The van der Waals surface area contributed by atoms with Gasteiger partial charge in [0, 0.05) is 18.6 Å². The molecule has 146 valence electrons. The largest absolute Gasteiger partial charge is 0.300 e. The van der Waals surface area contributed by atoms with Gasteiger partial charge in [-0.1, -0.05) is 13.8 Å². The predicted octanol–water partition coefficient (Wildman–Crippen LogP) is 4.46. The minimum Gasteiger partial charge on any atom is -0.300 e. The molecule has 5 rings (SSSR count). The molecule has 5 aliphatic rings. The highest BCUT2D eigenvalue weighted by Crippen LogP contribution is 2.66. The summed E-state index contributed by atoms with van der Waals surface area (Å²) in [7, 11) is -2.94. The molecule has 1 spiro atoms. The second-order valence-corrected chi connectivity index (χ2v) is 15.0. The minimum atomic E-state index is -2.94. The van der Waals surface area contributed by atoms with Crippen molar-refractivity contribution in [1.29, 1.82) is 0 Å². The van der Waals surface area contributed by atoms with E-state index in [1.807, 2.05) is 0 Å². The highest BCUT2D eigenvalue weighted by Gasteiger charge is 2.62. The number of Topliss-reactive ketones (excluding diaryl/α,β-unsaturated/α-hetero) is 1. The van der Waals surface area contributed by atoms with Crippen molar-refractivity contribution in [2.24, 2.45) is 34.5 Å². The van der Waals surface area contributed by atoms with Crippen molar-refractivity contribution in [3.63, 3.8) is 0 Å². The van der Waals surface area contributed by atoms with Crippen LogP contribution < -0.4 is 0 Å². The van der Waals surface area contributed by atoms with Crippen LogP contribution in [0.5, 0.6) is 0 Å². The molecule has 0 amide bonds. The monoisotopic (exact) mass is 396 g/mol. The van der Waals surface area contributed by atoms with E-state index < -0.39 is 13.9 Å². The van der Waals surface area contributed by atoms with Gasteiger partial charge in [-0.05, 0) is 79.4 Å². The lowest BCUT2D eigenvalue weighted by molar-refractivity contribution is -0.118. The maximum atomic E-state index is 12.8. The van der Waals surface area contributed by atoms with E-state index in [2.05, 4.69) is 13.8 Å². The number of thioether (sulfide) groups is 1. The molecule has 1 unspecified atom stereocenters. The maximum Gasteiger partial charge on any atom is 0.166 e. The van der Waals surface area contributed by atoms with Gasteiger partial charge in [-0.2, -0.15) is 0 Å². The average Bonchev–Trinajstić information content (AvgIpc) is 3.06. The third-order valence-corrected chi connectivity index (χ3v) is 14.0. The third-order valence-electron chi connectivity index (χ3n) is 9.22. The van der Waals surface area contributed by atoms with E-state index in [0.717, 1.165) is 37.4 Å². The van der Waals surface area contributed by atoms with E-state index in [1.165, 1.54) is 32.1 Å². The van der Waals surface area contributed by atoms with Crippen LogP contribution >= 0.6 is 11.8 Å². The first-order valence-corrected chi connectivity index (χ1v) is 13.2. The van der Waals surface area contributed by atoms with Crippen molar-refractivity contribution in [3.8, 4) is 0 Å². The molecule has 0 radical (unpaired) electrons. The Morgan fingerprint density at radius 2 is 1.81 bits per heavy atom. The summed E-state index contributed by atoms with van der Waals surface area (Å²) in [6.45, 7) is 4.75. The summed E-state index contributed by atoms with van der Waals surface area (Å²) in [6.07, 6.45) is 9.47. The number of ketones is 1. The number of carbonyl (C=O) groups excluding carboxylic acids is 1. The molecule has 7 atom stereocenters. The van der Waals surface area contributed by atoms with Gasteiger partial charge in [0.15, 0.2) is 9.84 Å². The van der Waals surface area contributed by atoms with Crippen LogP contribution in [0.3, 0.4) is 0 Å². The number of carbonyl (C=O) groups is 1. The Balaban J connectivity index is 1.42. The topological polar surface area (TPSA) is 51.2 Å². The molecule has 3 nitrogen and oxygen atoms in total. The lowest BCUT2D eigenvalue weighted by Gasteiger charge is -2.45. The van der Waals surface area contributed by atoms with Gasteiger partial charge >= 0.3 is 0 Å². The summed E-state index contributed by atoms with van der Waals surface area (Å²) < 4.78 is 25.2. The molecule has 1 aliphatic heterocycles. The van der Waals surface area contributed by atoms with Crippen LogP contribution in [0.1, 0.15) is 71.6 Å². The molecule has 1 saturated heterocycles. The summed E-state index contributed by atoms with van der Waals surface area (Å²) in [4.78, 5) is 12.1. The Morgan fingerprint density at radius 1 is 1.04 bits per heavy atom. The number of sulfone groups is 1. The molecular weight excluding hydrogens is 364 g/mol. The molecule has 26 heavy (non-hydrogen) atoms. The fourth-order valence-electron chi connectivity index (χ4n) is 7.70. The molecule has 5 fully saturated rings. The van der Waals surface area contributed by atoms with Crippen LogP contribution in [0, 0.1) is 34.5 Å². The second kappa shape index (κ2) is 5.52. The van der Waals surface area contributed by atoms with Crippen molar-refractivity contribution in [2.45, 2.75) is 75.7 Å². The molecule has 0 N–H and O–H groups in total. The lowest BCUT2D eigenvalue weighted by atomic mass is 9.60. The highest BCUT2D eigenvalue weighted by atomic mass is 32.3. The maximum absolute atomic E-state index is 12.8. The zero-order valence-corrected chi connectivity index (χ0v) is 17.8. The summed E-state index contributed by atoms with van der Waals surface area (Å²) in [6, 6.07) is 0. The van der Waals surface area contributed by atoms with Gasteiger partial charge in [-0.25, -0.2) is 8.42 Å². The number of rotatable bonds is 0. The van der Waals surface area contributed by atoms with Crippen LogP contribution in [0.15, 0.2) is 0 Å². The number of hydrogen-bond acceptors (Lipinski definition) is 4. The van der Waals surface area contributed by atoms with Crippen LogP contribution in [-0.2, 0) is 14.6 Å². The zero-order valence-electron chi connectivity index (χ0n) is 16.1. The summed E-state index contributed by atoms with van der Waals surface area (Å²) in [5.41, 5.74) is 0.428. The number of fused-ring (bicyclic) bond motifs is 3. The quantitative estimate of drug-likeness (QED) is 0.607. The third kappa shape index (κ3) is 2.44. The molecule has 0 bridgehead atoms. The van der Waals surface area contributed by atoms with E-state index in [1.54, 1.807) is 11.8 Å². The molecule has 4 aliphatic carbocycles. The Morgan fingerprint density at radius 3 is 2.54 bits per heavy atom. The average molecular weight is 397 g/mol. The number of hydrogen-bond donors (Lipinski definition) is 0. The van der Waals surface area contributed by atoms with E-state index in [4.69, 9.17) is 0 Å².